The van der Waals surface area contributed by atoms with E-state index in [1.807, 2.05) is 30.3 Å². The van der Waals surface area contributed by atoms with E-state index in [4.69, 9.17) is 4.74 Å². The van der Waals surface area contributed by atoms with Gasteiger partial charge in [-0.05, 0) is 43.5 Å². The molecule has 2 aromatic carbocycles. The van der Waals surface area contributed by atoms with Crippen LogP contribution in [0.3, 0.4) is 0 Å². The molecule has 0 aliphatic carbocycles. The Kier molecular flexibility index (Phi) is 7.72. The molecule has 3 aromatic rings. The van der Waals surface area contributed by atoms with E-state index in [2.05, 4.69) is 5.32 Å². The summed E-state index contributed by atoms with van der Waals surface area (Å²) in [5.74, 6) is -1.19. The van der Waals surface area contributed by atoms with E-state index in [1.54, 1.807) is 37.3 Å². The molecule has 0 saturated carbocycles. The van der Waals surface area contributed by atoms with Crippen LogP contribution in [0.25, 0.3) is 10.4 Å². The molecular weight excluding hydrogens is 464 g/mol. The van der Waals surface area contributed by atoms with Gasteiger partial charge in [0.15, 0.2) is 0 Å². The van der Waals surface area contributed by atoms with Crippen LogP contribution >= 0.6 is 11.3 Å². The Bertz CT molecular complexity index is 1220. The normalized spacial score (nSPS) is 12.5. The van der Waals surface area contributed by atoms with Crippen molar-refractivity contribution in [2.24, 2.45) is 0 Å². The molecule has 0 fully saturated rings. The van der Waals surface area contributed by atoms with Crippen molar-refractivity contribution in [3.63, 3.8) is 0 Å². The molecule has 4 rings (SSSR count). The van der Waals surface area contributed by atoms with E-state index in [0.717, 1.165) is 10.4 Å². The number of imide groups is 1. The van der Waals surface area contributed by atoms with Gasteiger partial charge in [-0.2, -0.15) is 0 Å². The molecule has 0 saturated heterocycles. The third-order valence-electron chi connectivity index (χ3n) is 5.70. The van der Waals surface area contributed by atoms with Gasteiger partial charge in [0.1, 0.15) is 5.00 Å². The van der Waals surface area contributed by atoms with Gasteiger partial charge >= 0.3 is 5.97 Å². The summed E-state index contributed by atoms with van der Waals surface area (Å²) in [6.45, 7) is 2.31. The Morgan fingerprint density at radius 1 is 0.914 bits per heavy atom. The van der Waals surface area contributed by atoms with Crippen LogP contribution in [0.4, 0.5) is 5.00 Å². The molecule has 8 heteroatoms. The molecule has 0 radical (unpaired) electrons. The summed E-state index contributed by atoms with van der Waals surface area (Å²) in [5, 5.41) is 3.33. The maximum absolute atomic E-state index is 12.6. The highest BCUT2D eigenvalue weighted by atomic mass is 32.1. The molecular formula is C27H26N2O5S. The molecule has 3 amide bonds. The number of nitrogens with zero attached hydrogens (tertiary/aromatic N) is 1. The predicted molar refractivity (Wildman–Crippen MR) is 135 cm³/mol. The molecule has 7 nitrogen and oxygen atoms in total. The average molecular weight is 491 g/mol. The third kappa shape index (κ3) is 5.49. The molecule has 2 heterocycles. The summed E-state index contributed by atoms with van der Waals surface area (Å²) in [6, 6.07) is 18.2. The first kappa shape index (κ1) is 24.3. The molecule has 0 spiro atoms. The second kappa shape index (κ2) is 11.1. The number of fused-ring (bicyclic) bond motifs is 1. The molecule has 1 N–H and O–H groups in total. The van der Waals surface area contributed by atoms with Crippen molar-refractivity contribution in [1.82, 2.24) is 4.90 Å². The van der Waals surface area contributed by atoms with Gasteiger partial charge in [-0.25, -0.2) is 4.79 Å². The number of anilines is 1. The number of unbranched alkanes of at least 4 members (excludes halogenated alkanes) is 2. The van der Waals surface area contributed by atoms with E-state index in [-0.39, 0.29) is 30.7 Å². The van der Waals surface area contributed by atoms with Crippen molar-refractivity contribution in [2.75, 3.05) is 18.5 Å². The van der Waals surface area contributed by atoms with Crippen LogP contribution in [-0.4, -0.2) is 41.7 Å². The van der Waals surface area contributed by atoms with Gasteiger partial charge in [0.05, 0.1) is 23.3 Å². The Labute approximate surface area is 207 Å². The third-order valence-corrected chi connectivity index (χ3v) is 6.80. The Balaban J connectivity index is 1.29. The summed E-state index contributed by atoms with van der Waals surface area (Å²) in [6.07, 6.45) is 2.17. The lowest BCUT2D eigenvalue weighted by molar-refractivity contribution is -0.116. The van der Waals surface area contributed by atoms with Crippen molar-refractivity contribution < 1.29 is 23.9 Å². The maximum Gasteiger partial charge on any atom is 0.341 e. The highest BCUT2D eigenvalue weighted by Gasteiger charge is 2.34. The molecule has 0 unspecified atom stereocenters. The van der Waals surface area contributed by atoms with Crippen LogP contribution in [0.1, 0.15) is 63.7 Å². The van der Waals surface area contributed by atoms with Crippen LogP contribution in [-0.2, 0) is 9.53 Å². The fourth-order valence-corrected chi connectivity index (χ4v) is 5.02. The number of esters is 1. The summed E-state index contributed by atoms with van der Waals surface area (Å²) in [5.41, 5.74) is 2.19. The highest BCUT2D eigenvalue weighted by Crippen LogP contribution is 2.36. The van der Waals surface area contributed by atoms with E-state index >= 15 is 0 Å². The quantitative estimate of drug-likeness (QED) is 0.234. The minimum atomic E-state index is -0.470. The fraction of sp³-hybridized carbons (Fsp3) is 0.259. The molecule has 0 bridgehead atoms. The minimum Gasteiger partial charge on any atom is -0.462 e. The monoisotopic (exact) mass is 490 g/mol. The smallest absolute Gasteiger partial charge is 0.341 e. The van der Waals surface area contributed by atoms with Crippen molar-refractivity contribution in [3.8, 4) is 10.4 Å². The van der Waals surface area contributed by atoms with Crippen molar-refractivity contribution in [3.05, 3.63) is 77.4 Å². The highest BCUT2D eigenvalue weighted by molar-refractivity contribution is 7.20. The Hall–Kier alpha value is -3.78. The second-order valence-electron chi connectivity index (χ2n) is 8.11. The van der Waals surface area contributed by atoms with Crippen LogP contribution in [0.2, 0.25) is 0 Å². The lowest BCUT2D eigenvalue weighted by Gasteiger charge is -2.13. The van der Waals surface area contributed by atoms with Crippen molar-refractivity contribution >= 4 is 40.0 Å². The zero-order chi connectivity index (χ0) is 24.8. The van der Waals surface area contributed by atoms with Gasteiger partial charge in [0, 0.05) is 17.8 Å². The van der Waals surface area contributed by atoms with Crippen molar-refractivity contribution in [1.29, 1.82) is 0 Å². The molecule has 0 atom stereocenters. The first-order valence-electron chi connectivity index (χ1n) is 11.6. The van der Waals surface area contributed by atoms with Gasteiger partial charge in [0.2, 0.25) is 5.91 Å². The van der Waals surface area contributed by atoms with E-state index in [9.17, 15) is 19.2 Å². The van der Waals surface area contributed by atoms with Crippen LogP contribution in [0.5, 0.6) is 0 Å². The molecule has 35 heavy (non-hydrogen) atoms. The fourth-order valence-electron chi connectivity index (χ4n) is 3.95. The molecule has 1 aliphatic heterocycles. The lowest BCUT2D eigenvalue weighted by atomic mass is 10.1. The summed E-state index contributed by atoms with van der Waals surface area (Å²) < 4.78 is 5.16. The molecule has 1 aliphatic rings. The number of carbonyl (C=O) groups is 4. The van der Waals surface area contributed by atoms with Gasteiger partial charge in [-0.3, -0.25) is 19.3 Å². The van der Waals surface area contributed by atoms with Crippen LogP contribution in [0, 0.1) is 0 Å². The summed E-state index contributed by atoms with van der Waals surface area (Å²) in [4.78, 5) is 52.0. The van der Waals surface area contributed by atoms with Gasteiger partial charge in [-0.1, -0.05) is 48.9 Å². The first-order chi connectivity index (χ1) is 17.0. The van der Waals surface area contributed by atoms with E-state index < -0.39 is 5.97 Å². The standard InChI is InChI=1S/C27H26N2O5S/c1-2-34-27(33)21-17-22(18-11-5-3-6-12-18)35-24(21)28-23(30)15-7-4-10-16-29-25(31)19-13-8-9-14-20(19)26(29)32/h3,5-6,8-9,11-14,17H,2,4,7,10,15-16H2,1H3,(H,28,30). The lowest BCUT2D eigenvalue weighted by Crippen LogP contribution is -2.30. The first-order valence-corrected chi connectivity index (χ1v) is 12.4. The van der Waals surface area contributed by atoms with Crippen molar-refractivity contribution in [2.45, 2.75) is 32.6 Å². The van der Waals surface area contributed by atoms with Crippen LogP contribution in [0.15, 0.2) is 60.7 Å². The minimum absolute atomic E-state index is 0.197. The summed E-state index contributed by atoms with van der Waals surface area (Å²) >= 11 is 1.34. The largest absolute Gasteiger partial charge is 0.462 e. The zero-order valence-electron chi connectivity index (χ0n) is 19.4. The number of amides is 3. The number of hydrogen-bond acceptors (Lipinski definition) is 6. The van der Waals surface area contributed by atoms with Crippen LogP contribution < -0.4 is 5.32 Å². The summed E-state index contributed by atoms with van der Waals surface area (Å²) in [7, 11) is 0. The Morgan fingerprint density at radius 2 is 1.57 bits per heavy atom. The average Bonchev–Trinajstić information content (AvgIpc) is 3.39. The molecule has 1 aromatic heterocycles. The zero-order valence-corrected chi connectivity index (χ0v) is 20.2. The van der Waals surface area contributed by atoms with E-state index in [0.29, 0.717) is 47.5 Å². The number of rotatable bonds is 10. The number of carbonyl (C=O) groups excluding carboxylic acids is 4. The predicted octanol–water partition coefficient (Wildman–Crippen LogP) is 5.39. The van der Waals surface area contributed by atoms with Gasteiger partial charge in [-0.15, -0.1) is 11.3 Å². The number of ether oxygens (including phenoxy) is 1. The Morgan fingerprint density at radius 3 is 2.23 bits per heavy atom. The SMILES string of the molecule is CCOC(=O)c1cc(-c2ccccc2)sc1NC(=O)CCCCCN1C(=O)c2ccccc2C1=O. The van der Waals surface area contributed by atoms with Gasteiger partial charge in [0.25, 0.3) is 11.8 Å². The maximum atomic E-state index is 12.6. The number of hydrogen-bond donors (Lipinski definition) is 1. The number of nitrogens with one attached hydrogen (secondary N) is 1. The van der Waals surface area contributed by atoms with Gasteiger partial charge < -0.3 is 10.1 Å². The number of thiophene rings is 1. The van der Waals surface area contributed by atoms with E-state index in [1.165, 1.54) is 16.2 Å². The topological polar surface area (TPSA) is 92.8 Å². The second-order valence-corrected chi connectivity index (χ2v) is 9.16. The molecule has 180 valence electrons. The number of benzene rings is 2.